The number of hydrogen-bond acceptors (Lipinski definition) is 4. The summed E-state index contributed by atoms with van der Waals surface area (Å²) < 4.78 is 16.2. The average molecular weight is 340 g/mol. The highest BCUT2D eigenvalue weighted by molar-refractivity contribution is 9.09. The van der Waals surface area contributed by atoms with Crippen LogP contribution in [0.25, 0.3) is 0 Å². The zero-order valence-electron chi connectivity index (χ0n) is 12.3. The molecular formula is C14H30BrNO3. The fraction of sp³-hybridized carbons (Fsp3) is 1.00. The molecular weight excluding hydrogens is 310 g/mol. The maximum atomic E-state index is 5.45. The zero-order valence-corrected chi connectivity index (χ0v) is 13.9. The zero-order chi connectivity index (χ0) is 14.0. The summed E-state index contributed by atoms with van der Waals surface area (Å²) in [5, 5.41) is 4.43. The second kappa shape index (κ2) is 18.3. The summed E-state index contributed by atoms with van der Waals surface area (Å²) in [6.07, 6.45) is 4.75. The molecule has 0 aromatic carbocycles. The molecule has 0 unspecified atom stereocenters. The Labute approximate surface area is 126 Å². The van der Waals surface area contributed by atoms with Crippen molar-refractivity contribution in [2.45, 2.75) is 32.6 Å². The Morgan fingerprint density at radius 2 is 1.37 bits per heavy atom. The number of halogens is 1. The summed E-state index contributed by atoms with van der Waals surface area (Å²) in [5.74, 6) is 0. The molecule has 0 aromatic heterocycles. The van der Waals surface area contributed by atoms with E-state index in [9.17, 15) is 0 Å². The van der Waals surface area contributed by atoms with Crippen molar-refractivity contribution in [2.75, 3.05) is 58.1 Å². The number of alkyl halides is 1. The third kappa shape index (κ3) is 18.3. The van der Waals surface area contributed by atoms with Crippen LogP contribution in [0.5, 0.6) is 0 Å². The smallest absolute Gasteiger partial charge is 0.0701 e. The van der Waals surface area contributed by atoms with Gasteiger partial charge in [0, 0.05) is 18.5 Å². The standard InChI is InChI=1S/C14H30BrNO3/c1-2-3-9-17-11-13-19-14-12-18-10-8-16-7-5-4-6-15/h16H,2-14H2,1H3. The van der Waals surface area contributed by atoms with Crippen molar-refractivity contribution in [3.05, 3.63) is 0 Å². The summed E-state index contributed by atoms with van der Waals surface area (Å²) >= 11 is 3.42. The van der Waals surface area contributed by atoms with Crippen LogP contribution < -0.4 is 5.32 Å². The van der Waals surface area contributed by atoms with Crippen LogP contribution in [-0.2, 0) is 14.2 Å². The average Bonchev–Trinajstić information content (AvgIpc) is 2.43. The van der Waals surface area contributed by atoms with Crippen LogP contribution in [0.1, 0.15) is 32.6 Å². The predicted octanol–water partition coefficient (Wildman–Crippen LogP) is 2.60. The molecule has 0 saturated carbocycles. The molecule has 0 rings (SSSR count). The maximum absolute atomic E-state index is 5.45. The van der Waals surface area contributed by atoms with Gasteiger partial charge in [0.15, 0.2) is 0 Å². The second-order valence-electron chi connectivity index (χ2n) is 4.34. The molecule has 19 heavy (non-hydrogen) atoms. The van der Waals surface area contributed by atoms with Gasteiger partial charge in [-0.3, -0.25) is 0 Å². The molecule has 0 radical (unpaired) electrons. The molecule has 0 aliphatic heterocycles. The molecule has 0 atom stereocenters. The van der Waals surface area contributed by atoms with E-state index in [4.69, 9.17) is 14.2 Å². The monoisotopic (exact) mass is 339 g/mol. The van der Waals surface area contributed by atoms with E-state index in [1.807, 2.05) is 0 Å². The molecule has 0 aliphatic rings. The van der Waals surface area contributed by atoms with E-state index >= 15 is 0 Å². The van der Waals surface area contributed by atoms with Crippen molar-refractivity contribution >= 4 is 15.9 Å². The van der Waals surface area contributed by atoms with E-state index in [-0.39, 0.29) is 0 Å². The Balaban J connectivity index is 2.88. The van der Waals surface area contributed by atoms with Gasteiger partial charge in [0.05, 0.1) is 33.0 Å². The van der Waals surface area contributed by atoms with E-state index in [1.165, 1.54) is 19.3 Å². The summed E-state index contributed by atoms with van der Waals surface area (Å²) in [6, 6.07) is 0. The third-order valence-corrected chi connectivity index (χ3v) is 3.11. The first-order chi connectivity index (χ1) is 9.41. The SMILES string of the molecule is CCCCOCCOCCOCCNCCCCBr. The Morgan fingerprint density at radius 1 is 0.737 bits per heavy atom. The van der Waals surface area contributed by atoms with Crippen LogP contribution in [0, 0.1) is 0 Å². The van der Waals surface area contributed by atoms with Crippen molar-refractivity contribution in [1.82, 2.24) is 5.32 Å². The lowest BCUT2D eigenvalue weighted by Gasteiger charge is -2.07. The molecule has 0 heterocycles. The predicted molar refractivity (Wildman–Crippen MR) is 83.3 cm³/mol. The minimum absolute atomic E-state index is 0.653. The normalized spacial score (nSPS) is 11.1. The van der Waals surface area contributed by atoms with Crippen LogP contribution in [-0.4, -0.2) is 58.1 Å². The maximum Gasteiger partial charge on any atom is 0.0701 e. The van der Waals surface area contributed by atoms with Gasteiger partial charge in [0.2, 0.25) is 0 Å². The lowest BCUT2D eigenvalue weighted by molar-refractivity contribution is 0.0147. The minimum Gasteiger partial charge on any atom is -0.379 e. The van der Waals surface area contributed by atoms with Gasteiger partial charge in [-0.25, -0.2) is 0 Å². The molecule has 0 fully saturated rings. The van der Waals surface area contributed by atoms with Crippen LogP contribution >= 0.6 is 15.9 Å². The number of hydrogen-bond donors (Lipinski definition) is 1. The Morgan fingerprint density at radius 3 is 2.00 bits per heavy atom. The van der Waals surface area contributed by atoms with E-state index in [1.54, 1.807) is 0 Å². The Kier molecular flexibility index (Phi) is 18.6. The van der Waals surface area contributed by atoms with Crippen molar-refractivity contribution < 1.29 is 14.2 Å². The van der Waals surface area contributed by atoms with Gasteiger partial charge < -0.3 is 19.5 Å². The first-order valence-corrected chi connectivity index (χ1v) is 8.53. The van der Waals surface area contributed by atoms with Crippen LogP contribution in [0.3, 0.4) is 0 Å². The molecule has 1 N–H and O–H groups in total. The fourth-order valence-electron chi connectivity index (χ4n) is 1.40. The van der Waals surface area contributed by atoms with Crippen molar-refractivity contribution in [3.8, 4) is 0 Å². The molecule has 116 valence electrons. The molecule has 0 bridgehead atoms. The summed E-state index contributed by atoms with van der Waals surface area (Å²) in [6.45, 7) is 8.42. The summed E-state index contributed by atoms with van der Waals surface area (Å²) in [4.78, 5) is 0. The molecule has 4 nitrogen and oxygen atoms in total. The highest BCUT2D eigenvalue weighted by atomic mass is 79.9. The van der Waals surface area contributed by atoms with Crippen LogP contribution in [0.4, 0.5) is 0 Å². The highest BCUT2D eigenvalue weighted by Crippen LogP contribution is 1.91. The van der Waals surface area contributed by atoms with E-state index < -0.39 is 0 Å². The lowest BCUT2D eigenvalue weighted by atomic mass is 10.3. The third-order valence-electron chi connectivity index (χ3n) is 2.55. The van der Waals surface area contributed by atoms with Gasteiger partial charge in [-0.2, -0.15) is 0 Å². The van der Waals surface area contributed by atoms with Gasteiger partial charge in [-0.15, -0.1) is 0 Å². The van der Waals surface area contributed by atoms with Gasteiger partial charge in [0.25, 0.3) is 0 Å². The van der Waals surface area contributed by atoms with Crippen molar-refractivity contribution in [2.24, 2.45) is 0 Å². The molecule has 0 aromatic rings. The van der Waals surface area contributed by atoms with Crippen molar-refractivity contribution in [1.29, 1.82) is 0 Å². The largest absolute Gasteiger partial charge is 0.379 e. The quantitative estimate of drug-likeness (QED) is 0.346. The number of unbranched alkanes of at least 4 members (excludes halogenated alkanes) is 2. The highest BCUT2D eigenvalue weighted by Gasteiger charge is 1.92. The molecule has 0 saturated heterocycles. The summed E-state index contributed by atoms with van der Waals surface area (Å²) in [5.41, 5.74) is 0. The first kappa shape index (κ1) is 19.3. The molecule has 0 aliphatic carbocycles. The number of rotatable bonds is 16. The van der Waals surface area contributed by atoms with E-state index in [2.05, 4.69) is 28.2 Å². The fourth-order valence-corrected chi connectivity index (χ4v) is 1.80. The Bertz CT molecular complexity index is 146. The van der Waals surface area contributed by atoms with Gasteiger partial charge in [0.1, 0.15) is 0 Å². The van der Waals surface area contributed by atoms with Crippen LogP contribution in [0.2, 0.25) is 0 Å². The van der Waals surface area contributed by atoms with Crippen LogP contribution in [0.15, 0.2) is 0 Å². The molecule has 0 amide bonds. The van der Waals surface area contributed by atoms with Gasteiger partial charge >= 0.3 is 0 Å². The van der Waals surface area contributed by atoms with Gasteiger partial charge in [-0.05, 0) is 25.8 Å². The lowest BCUT2D eigenvalue weighted by Crippen LogP contribution is -2.22. The van der Waals surface area contributed by atoms with Gasteiger partial charge in [-0.1, -0.05) is 29.3 Å². The number of nitrogens with one attached hydrogen (secondary N) is 1. The number of ether oxygens (including phenoxy) is 3. The topological polar surface area (TPSA) is 39.7 Å². The minimum atomic E-state index is 0.653. The first-order valence-electron chi connectivity index (χ1n) is 7.41. The van der Waals surface area contributed by atoms with E-state index in [0.717, 1.165) is 38.1 Å². The molecule has 0 spiro atoms. The molecule has 5 heteroatoms. The second-order valence-corrected chi connectivity index (χ2v) is 5.13. The van der Waals surface area contributed by atoms with E-state index in [0.29, 0.717) is 26.4 Å². The Hall–Kier alpha value is 0.320. The van der Waals surface area contributed by atoms with Crippen molar-refractivity contribution in [3.63, 3.8) is 0 Å². The summed E-state index contributed by atoms with van der Waals surface area (Å²) in [7, 11) is 0.